The van der Waals surface area contributed by atoms with E-state index in [4.69, 9.17) is 9.15 Å². The third-order valence-electron chi connectivity index (χ3n) is 4.17. The minimum Gasteiger partial charge on any atom is -0.466 e. The molecule has 1 saturated heterocycles. The summed E-state index contributed by atoms with van der Waals surface area (Å²) >= 11 is 0. The molecule has 24 heavy (non-hydrogen) atoms. The zero-order valence-electron chi connectivity index (χ0n) is 14.4. The number of esters is 1. The maximum absolute atomic E-state index is 12.6. The molecule has 134 valence electrons. The van der Waals surface area contributed by atoms with E-state index < -0.39 is 21.9 Å². The fourth-order valence-corrected chi connectivity index (χ4v) is 4.69. The molecule has 0 bridgehead atoms. The molecule has 0 aliphatic carbocycles. The van der Waals surface area contributed by atoms with Gasteiger partial charge in [-0.25, -0.2) is 13.2 Å². The van der Waals surface area contributed by atoms with Gasteiger partial charge in [0, 0.05) is 12.6 Å². The number of likely N-dealkylation sites (N-methyl/N-ethyl adjacent to an activating group) is 1. The molecule has 0 spiro atoms. The van der Waals surface area contributed by atoms with Gasteiger partial charge in [-0.1, -0.05) is 0 Å². The summed E-state index contributed by atoms with van der Waals surface area (Å²) in [5.74, 6) is 0.0680. The van der Waals surface area contributed by atoms with Crippen LogP contribution in [0.3, 0.4) is 0 Å². The minimum absolute atomic E-state index is 0.0344. The summed E-state index contributed by atoms with van der Waals surface area (Å²) in [7, 11) is -3.09. The summed E-state index contributed by atoms with van der Waals surface area (Å²) in [6.07, 6.45) is -0.571. The second kappa shape index (κ2) is 6.96. The van der Waals surface area contributed by atoms with Crippen LogP contribution >= 0.6 is 0 Å². The average Bonchev–Trinajstić information content (AvgIpc) is 3.01. The van der Waals surface area contributed by atoms with E-state index in [0.29, 0.717) is 30.0 Å². The van der Waals surface area contributed by atoms with Gasteiger partial charge >= 0.3 is 5.97 Å². The van der Waals surface area contributed by atoms with Crippen molar-refractivity contribution in [1.29, 1.82) is 0 Å². The molecule has 0 saturated carbocycles. The SMILES string of the molecule is CCN(C(=O)C(C)OC(=O)c1cc(C)oc1C)C1CCS(=O)(=O)C1. The number of nitrogens with zero attached hydrogens (tertiary/aromatic N) is 1. The third kappa shape index (κ3) is 3.98. The van der Waals surface area contributed by atoms with Gasteiger partial charge in [0.25, 0.3) is 5.91 Å². The van der Waals surface area contributed by atoms with Gasteiger partial charge in [0.2, 0.25) is 0 Å². The summed E-state index contributed by atoms with van der Waals surface area (Å²) in [4.78, 5) is 26.2. The van der Waals surface area contributed by atoms with E-state index >= 15 is 0 Å². The molecule has 1 aromatic rings. The molecule has 1 amide bonds. The molecule has 1 aliphatic heterocycles. The second-order valence-corrected chi connectivity index (χ2v) is 8.28. The molecule has 2 atom stereocenters. The van der Waals surface area contributed by atoms with Gasteiger partial charge in [0.15, 0.2) is 15.9 Å². The number of sulfone groups is 1. The van der Waals surface area contributed by atoms with Crippen LogP contribution in [0.2, 0.25) is 0 Å². The van der Waals surface area contributed by atoms with Crippen molar-refractivity contribution in [3.05, 3.63) is 23.2 Å². The lowest BCUT2D eigenvalue weighted by Gasteiger charge is -2.29. The van der Waals surface area contributed by atoms with E-state index in [2.05, 4.69) is 0 Å². The Morgan fingerprint density at radius 3 is 2.54 bits per heavy atom. The summed E-state index contributed by atoms with van der Waals surface area (Å²) in [6.45, 7) is 7.01. The number of aryl methyl sites for hydroxylation is 2. The molecular weight excluding hydrogens is 334 g/mol. The topological polar surface area (TPSA) is 93.9 Å². The second-order valence-electron chi connectivity index (χ2n) is 6.06. The Bertz CT molecular complexity index is 736. The molecule has 8 heteroatoms. The van der Waals surface area contributed by atoms with Crippen LogP contribution in [0.15, 0.2) is 10.5 Å². The number of furan rings is 1. The molecular formula is C16H23NO6S. The fourth-order valence-electron chi connectivity index (χ4n) is 2.96. The van der Waals surface area contributed by atoms with E-state index in [1.165, 1.54) is 11.8 Å². The number of carbonyl (C=O) groups is 2. The normalized spacial score (nSPS) is 20.6. The summed E-state index contributed by atoms with van der Waals surface area (Å²) in [5, 5.41) is 0. The van der Waals surface area contributed by atoms with Gasteiger partial charge in [-0.15, -0.1) is 0 Å². The van der Waals surface area contributed by atoms with Crippen LogP contribution in [0.4, 0.5) is 0 Å². The smallest absolute Gasteiger partial charge is 0.342 e. The fraction of sp³-hybridized carbons (Fsp3) is 0.625. The number of rotatable bonds is 5. The molecule has 1 aromatic heterocycles. The van der Waals surface area contributed by atoms with Crippen LogP contribution < -0.4 is 0 Å². The molecule has 1 aliphatic rings. The van der Waals surface area contributed by atoms with E-state index in [9.17, 15) is 18.0 Å². The monoisotopic (exact) mass is 357 g/mol. The Morgan fingerprint density at radius 2 is 2.08 bits per heavy atom. The lowest BCUT2D eigenvalue weighted by atomic mass is 10.2. The zero-order chi connectivity index (χ0) is 18.1. The van der Waals surface area contributed by atoms with Crippen LogP contribution in [0.5, 0.6) is 0 Å². The van der Waals surface area contributed by atoms with Crippen LogP contribution in [-0.2, 0) is 19.4 Å². The van der Waals surface area contributed by atoms with Gasteiger partial charge in [-0.05, 0) is 40.2 Å². The molecule has 0 aromatic carbocycles. The first-order chi connectivity index (χ1) is 11.1. The van der Waals surface area contributed by atoms with Crippen LogP contribution in [0, 0.1) is 13.8 Å². The summed E-state index contributed by atoms with van der Waals surface area (Å²) < 4.78 is 33.8. The lowest BCUT2D eigenvalue weighted by Crippen LogP contribution is -2.46. The Balaban J connectivity index is 2.05. The van der Waals surface area contributed by atoms with Crippen molar-refractivity contribution >= 4 is 21.7 Å². The van der Waals surface area contributed by atoms with Crippen molar-refractivity contribution in [2.24, 2.45) is 0 Å². The molecule has 2 unspecified atom stereocenters. The minimum atomic E-state index is -3.09. The number of hydrogen-bond donors (Lipinski definition) is 0. The first kappa shape index (κ1) is 18.5. The molecule has 7 nitrogen and oxygen atoms in total. The predicted octanol–water partition coefficient (Wildman–Crippen LogP) is 1.48. The van der Waals surface area contributed by atoms with Crippen LogP contribution in [-0.4, -0.2) is 55.4 Å². The largest absolute Gasteiger partial charge is 0.466 e. The number of ether oxygens (including phenoxy) is 1. The maximum atomic E-state index is 12.6. The number of hydrogen-bond acceptors (Lipinski definition) is 6. The van der Waals surface area contributed by atoms with Crippen molar-refractivity contribution in [2.75, 3.05) is 18.1 Å². The predicted molar refractivity (Wildman–Crippen MR) is 87.5 cm³/mol. The van der Waals surface area contributed by atoms with Gasteiger partial charge in [-0.3, -0.25) is 4.79 Å². The van der Waals surface area contributed by atoms with E-state index in [-0.39, 0.29) is 23.5 Å². The van der Waals surface area contributed by atoms with E-state index in [0.717, 1.165) is 0 Å². The highest BCUT2D eigenvalue weighted by atomic mass is 32.2. The molecule has 0 radical (unpaired) electrons. The summed E-state index contributed by atoms with van der Waals surface area (Å²) in [6, 6.07) is 1.21. The highest BCUT2D eigenvalue weighted by molar-refractivity contribution is 7.91. The zero-order valence-corrected chi connectivity index (χ0v) is 15.2. The first-order valence-corrected chi connectivity index (χ1v) is 9.75. The van der Waals surface area contributed by atoms with Gasteiger partial charge < -0.3 is 14.1 Å². The van der Waals surface area contributed by atoms with E-state index in [1.807, 2.05) is 0 Å². The summed E-state index contributed by atoms with van der Waals surface area (Å²) in [5.41, 5.74) is 0.290. The van der Waals surface area contributed by atoms with Gasteiger partial charge in [0.05, 0.1) is 11.5 Å². The number of carbonyl (C=O) groups excluding carboxylic acids is 2. The van der Waals surface area contributed by atoms with E-state index in [1.54, 1.807) is 26.8 Å². The Hall–Kier alpha value is -1.83. The highest BCUT2D eigenvalue weighted by Gasteiger charge is 2.36. The standard InChI is InChI=1S/C16H23NO6S/c1-5-17(13-6-7-24(20,21)9-13)15(18)12(4)23-16(19)14-8-10(2)22-11(14)3/h8,12-13H,5-7,9H2,1-4H3. The molecule has 2 heterocycles. The van der Waals surface area contributed by atoms with Crippen molar-refractivity contribution in [3.63, 3.8) is 0 Å². The van der Waals surface area contributed by atoms with Crippen molar-refractivity contribution in [2.45, 2.75) is 46.3 Å². The Kier molecular flexibility index (Phi) is 5.37. The molecule has 2 rings (SSSR count). The van der Waals surface area contributed by atoms with Gasteiger partial charge in [-0.2, -0.15) is 0 Å². The Labute approximate surface area is 141 Å². The van der Waals surface area contributed by atoms with Crippen LogP contribution in [0.25, 0.3) is 0 Å². The lowest BCUT2D eigenvalue weighted by molar-refractivity contribution is -0.141. The first-order valence-electron chi connectivity index (χ1n) is 7.93. The highest BCUT2D eigenvalue weighted by Crippen LogP contribution is 2.20. The quantitative estimate of drug-likeness (QED) is 0.741. The van der Waals surface area contributed by atoms with Crippen LogP contribution in [0.1, 0.15) is 42.1 Å². The van der Waals surface area contributed by atoms with Crippen molar-refractivity contribution in [1.82, 2.24) is 4.90 Å². The molecule has 1 fully saturated rings. The average molecular weight is 357 g/mol. The Morgan fingerprint density at radius 1 is 1.42 bits per heavy atom. The third-order valence-corrected chi connectivity index (χ3v) is 5.92. The molecule has 0 N–H and O–H groups in total. The number of amides is 1. The van der Waals surface area contributed by atoms with Crippen molar-refractivity contribution < 1.29 is 27.2 Å². The van der Waals surface area contributed by atoms with Crippen molar-refractivity contribution in [3.8, 4) is 0 Å². The van der Waals surface area contributed by atoms with Gasteiger partial charge in [0.1, 0.15) is 17.1 Å². The maximum Gasteiger partial charge on any atom is 0.342 e.